The second-order valence-corrected chi connectivity index (χ2v) is 11.4. The van der Waals surface area contributed by atoms with Crippen LogP contribution in [-0.4, -0.2) is 97.6 Å². The first-order chi connectivity index (χ1) is 21.6. The van der Waals surface area contributed by atoms with Gasteiger partial charge < -0.3 is 20.7 Å². The minimum Gasteiger partial charge on any atom is -0.480 e. The van der Waals surface area contributed by atoms with Crippen molar-refractivity contribution in [2.24, 2.45) is 0 Å². The highest BCUT2D eigenvalue weighted by molar-refractivity contribution is 6.33. The molecular weight excluding hydrogens is 615 g/mol. The van der Waals surface area contributed by atoms with Gasteiger partial charge in [0.25, 0.3) is 17.7 Å². The molecule has 2 fully saturated rings. The number of alkyl halides is 3. The van der Waals surface area contributed by atoms with Crippen LogP contribution in [0.4, 0.5) is 19.0 Å². The molecule has 12 nitrogen and oxygen atoms in total. The average molecular weight is 644 g/mol. The van der Waals surface area contributed by atoms with Crippen molar-refractivity contribution < 1.29 is 27.5 Å². The van der Waals surface area contributed by atoms with E-state index >= 15 is 4.39 Å². The number of carbonyl (C=O) groups excluding carboxylic acids is 2. The maximum atomic E-state index is 15.2. The van der Waals surface area contributed by atoms with Crippen LogP contribution in [-0.2, 0) is 6.54 Å². The highest BCUT2D eigenvalue weighted by Gasteiger charge is 2.39. The fourth-order valence-electron chi connectivity index (χ4n) is 5.78. The summed E-state index contributed by atoms with van der Waals surface area (Å²) in [4.78, 5) is 42.2. The number of hydrogen-bond donors (Lipinski definition) is 2. The van der Waals surface area contributed by atoms with Gasteiger partial charge in [-0.2, -0.15) is 5.10 Å². The largest absolute Gasteiger partial charge is 0.480 e. The van der Waals surface area contributed by atoms with Crippen LogP contribution in [0, 0.1) is 0 Å². The molecule has 0 saturated carbocycles. The van der Waals surface area contributed by atoms with E-state index in [4.69, 9.17) is 22.1 Å². The van der Waals surface area contributed by atoms with Crippen LogP contribution in [0.3, 0.4) is 0 Å². The number of carbonyl (C=O) groups is 2. The first-order valence-electron chi connectivity index (χ1n) is 14.1. The van der Waals surface area contributed by atoms with Crippen LogP contribution in [0.15, 0.2) is 43.1 Å². The van der Waals surface area contributed by atoms with E-state index in [-0.39, 0.29) is 66.9 Å². The Bertz CT molecular complexity index is 1760. The molecule has 0 bridgehead atoms. The van der Waals surface area contributed by atoms with Gasteiger partial charge in [-0.1, -0.05) is 11.6 Å². The Kier molecular flexibility index (Phi) is 8.22. The number of nitrogens with zero attached hydrogens (tertiary/aromatic N) is 7. The van der Waals surface area contributed by atoms with Crippen LogP contribution in [0.1, 0.15) is 39.1 Å². The minimum atomic E-state index is -2.70. The molecular formula is C29H29ClF3N9O3. The van der Waals surface area contributed by atoms with Crippen LogP contribution < -0.4 is 15.8 Å². The maximum absolute atomic E-state index is 15.2. The van der Waals surface area contributed by atoms with E-state index in [0.717, 1.165) is 0 Å². The summed E-state index contributed by atoms with van der Waals surface area (Å²) in [5.41, 5.74) is 8.33. The predicted molar refractivity (Wildman–Crippen MR) is 158 cm³/mol. The second-order valence-electron chi connectivity index (χ2n) is 11.0. The maximum Gasteiger partial charge on any atom is 0.257 e. The van der Waals surface area contributed by atoms with E-state index in [1.165, 1.54) is 47.5 Å². The summed E-state index contributed by atoms with van der Waals surface area (Å²) in [6.45, 7) is 0.338. The van der Waals surface area contributed by atoms with Crippen molar-refractivity contribution in [3.63, 3.8) is 0 Å². The van der Waals surface area contributed by atoms with Gasteiger partial charge in [0, 0.05) is 63.2 Å². The highest BCUT2D eigenvalue weighted by Crippen LogP contribution is 2.35. The lowest BCUT2D eigenvalue weighted by Gasteiger charge is -2.31. The standard InChI is InChI=1S/C29H29ClF3N9O3/c1-45-27-23(26(43)39-21-14-41(13-20(21)31)28(44)18-11-35-6-3-19(18)30)17(2-7-36-27)22-10-16(24-25(34)37-15-38-42(22)24)12-40-8-4-29(32,33)5-9-40/h2-3,6-7,10-11,15,20-21H,4-5,8-9,12-14H2,1H3,(H,39,43)(H2,34,37,38)/t20-,21+/m0/s1. The van der Waals surface area contributed by atoms with Gasteiger partial charge >= 0.3 is 0 Å². The van der Waals surface area contributed by atoms with Crippen LogP contribution in [0.2, 0.25) is 5.02 Å². The number of anilines is 1. The molecule has 16 heteroatoms. The molecule has 2 aliphatic heterocycles. The summed E-state index contributed by atoms with van der Waals surface area (Å²) in [6.07, 6.45) is 3.40. The fourth-order valence-corrected chi connectivity index (χ4v) is 5.96. The number of methoxy groups -OCH3 is 1. The molecule has 0 unspecified atom stereocenters. The van der Waals surface area contributed by atoms with Gasteiger partial charge in [0.15, 0.2) is 5.82 Å². The van der Waals surface area contributed by atoms with E-state index < -0.39 is 30.0 Å². The molecule has 2 aliphatic rings. The summed E-state index contributed by atoms with van der Waals surface area (Å²) in [5.74, 6) is -3.74. The lowest BCUT2D eigenvalue weighted by Crippen LogP contribution is -2.42. The molecule has 3 N–H and O–H groups in total. The molecule has 6 rings (SSSR count). The molecule has 0 spiro atoms. The minimum absolute atomic E-state index is 0.00743. The van der Waals surface area contributed by atoms with Gasteiger partial charge in [0.2, 0.25) is 5.88 Å². The zero-order chi connectivity index (χ0) is 31.9. The molecule has 4 aromatic heterocycles. The number of pyridine rings is 2. The summed E-state index contributed by atoms with van der Waals surface area (Å²) < 4.78 is 49.8. The van der Waals surface area contributed by atoms with Gasteiger partial charge in [-0.25, -0.2) is 27.7 Å². The Labute approximate surface area is 260 Å². The summed E-state index contributed by atoms with van der Waals surface area (Å²) >= 11 is 6.14. The van der Waals surface area contributed by atoms with E-state index in [1.54, 1.807) is 12.1 Å². The Hall–Kier alpha value is -4.50. The van der Waals surface area contributed by atoms with E-state index in [0.29, 0.717) is 28.9 Å². The molecule has 0 aromatic carbocycles. The van der Waals surface area contributed by atoms with Gasteiger partial charge in [-0.15, -0.1) is 0 Å². The summed E-state index contributed by atoms with van der Waals surface area (Å²) in [7, 11) is 1.35. The van der Waals surface area contributed by atoms with E-state index in [2.05, 4.69) is 25.4 Å². The lowest BCUT2D eigenvalue weighted by molar-refractivity contribution is -0.0565. The number of piperidine rings is 1. The second kappa shape index (κ2) is 12.1. The Morgan fingerprint density at radius 1 is 1.18 bits per heavy atom. The van der Waals surface area contributed by atoms with Crippen LogP contribution in [0.25, 0.3) is 16.8 Å². The third-order valence-corrected chi connectivity index (χ3v) is 8.44. The zero-order valence-electron chi connectivity index (χ0n) is 24.1. The number of fused-ring (bicyclic) bond motifs is 1. The Morgan fingerprint density at radius 2 is 1.96 bits per heavy atom. The number of ether oxygens (including phenoxy) is 1. The van der Waals surface area contributed by atoms with Gasteiger partial charge in [0.05, 0.1) is 36.0 Å². The number of halogens is 4. The molecule has 2 atom stereocenters. The van der Waals surface area contributed by atoms with E-state index in [1.807, 2.05) is 4.90 Å². The number of nitrogens with one attached hydrogen (secondary N) is 1. The van der Waals surface area contributed by atoms with Gasteiger partial charge in [0.1, 0.15) is 23.6 Å². The van der Waals surface area contributed by atoms with Crippen molar-refractivity contribution in [2.45, 2.75) is 37.5 Å². The smallest absolute Gasteiger partial charge is 0.257 e. The third kappa shape index (κ3) is 5.96. The SMILES string of the molecule is COc1nccc(-c2cc(CN3CCC(F)(F)CC3)c3c(N)ncnn23)c1C(=O)N[C@@H]1CN(C(=O)c2cnccc2Cl)C[C@@H]1F. The number of nitrogen functional groups attached to an aromatic ring is 1. The molecule has 2 saturated heterocycles. The van der Waals surface area contributed by atoms with Gasteiger partial charge in [-0.05, 0) is 23.8 Å². The van der Waals surface area contributed by atoms with Crippen LogP contribution in [0.5, 0.6) is 5.88 Å². The topological polar surface area (TPSA) is 144 Å². The predicted octanol–water partition coefficient (Wildman–Crippen LogP) is 3.25. The molecule has 0 aliphatic carbocycles. The lowest BCUT2D eigenvalue weighted by atomic mass is 10.0. The van der Waals surface area contributed by atoms with Gasteiger partial charge in [-0.3, -0.25) is 19.5 Å². The number of likely N-dealkylation sites (tertiary alicyclic amines) is 2. The van der Waals surface area contributed by atoms with Crippen molar-refractivity contribution in [1.29, 1.82) is 0 Å². The summed E-state index contributed by atoms with van der Waals surface area (Å²) in [5, 5.41) is 7.25. The number of amides is 2. The molecule has 2 amide bonds. The molecule has 45 heavy (non-hydrogen) atoms. The fraction of sp³-hybridized carbons (Fsp3) is 0.379. The van der Waals surface area contributed by atoms with Crippen LogP contribution >= 0.6 is 11.6 Å². The third-order valence-electron chi connectivity index (χ3n) is 8.11. The number of nitrogens with two attached hydrogens (primary N) is 1. The first-order valence-corrected chi connectivity index (χ1v) is 14.5. The molecule has 0 radical (unpaired) electrons. The highest BCUT2D eigenvalue weighted by atomic mass is 35.5. The van der Waals surface area contributed by atoms with E-state index in [9.17, 15) is 18.4 Å². The van der Waals surface area contributed by atoms with Crippen molar-refractivity contribution in [3.8, 4) is 17.1 Å². The average Bonchev–Trinajstić information content (AvgIpc) is 3.58. The normalized spacial score (nSPS) is 20.0. The zero-order valence-corrected chi connectivity index (χ0v) is 24.8. The Balaban J connectivity index is 1.31. The van der Waals surface area contributed by atoms with Crippen molar-refractivity contribution >= 4 is 34.7 Å². The van der Waals surface area contributed by atoms with Crippen molar-refractivity contribution in [3.05, 3.63) is 64.8 Å². The first kappa shape index (κ1) is 30.5. The monoisotopic (exact) mass is 643 g/mol. The molecule has 236 valence electrons. The van der Waals surface area contributed by atoms with Crippen molar-refractivity contribution in [2.75, 3.05) is 39.0 Å². The molecule has 4 aromatic rings. The summed E-state index contributed by atoms with van der Waals surface area (Å²) in [6, 6.07) is 3.78. The quantitative estimate of drug-likeness (QED) is 0.310. The van der Waals surface area contributed by atoms with Crippen molar-refractivity contribution in [1.82, 2.24) is 39.7 Å². The Morgan fingerprint density at radius 3 is 2.69 bits per heavy atom. The number of hydrogen-bond acceptors (Lipinski definition) is 9. The number of aromatic nitrogens is 5. The molecule has 6 heterocycles. The number of rotatable bonds is 7.